The van der Waals surface area contributed by atoms with Gasteiger partial charge in [-0.25, -0.2) is 0 Å². The smallest absolute Gasteiger partial charge is 0.0351 e. The Morgan fingerprint density at radius 2 is 0.840 bits per heavy atom. The molecule has 0 aromatic heterocycles. The number of rotatable bonds is 18. The van der Waals surface area contributed by atoms with Crippen LogP contribution >= 0.6 is 0 Å². The van der Waals surface area contributed by atoms with Gasteiger partial charge in [0.05, 0.1) is 0 Å². The van der Waals surface area contributed by atoms with Crippen LogP contribution in [0.2, 0.25) is 0 Å². The summed E-state index contributed by atoms with van der Waals surface area (Å²) in [4.78, 5) is 0. The van der Waals surface area contributed by atoms with Crippen LogP contribution in [0, 0.1) is 5.41 Å². The van der Waals surface area contributed by atoms with Crippen LogP contribution in [-0.2, 0) is 0 Å². The maximum atomic E-state index is 2.43. The van der Waals surface area contributed by atoms with Crippen molar-refractivity contribution in [1.29, 1.82) is 0 Å². The van der Waals surface area contributed by atoms with E-state index in [1.807, 2.05) is 0 Å². The van der Waals surface area contributed by atoms with Gasteiger partial charge in [0.1, 0.15) is 0 Å². The Balaban J connectivity index is 3.10. The van der Waals surface area contributed by atoms with E-state index in [4.69, 9.17) is 0 Å². The molecule has 0 aromatic rings. The van der Waals surface area contributed by atoms with Gasteiger partial charge in [-0.05, 0) is 37.5 Å². The topological polar surface area (TPSA) is 0 Å². The van der Waals surface area contributed by atoms with E-state index in [0.717, 1.165) is 0 Å². The monoisotopic (exact) mass is 350 g/mol. The van der Waals surface area contributed by atoms with Crippen molar-refractivity contribution in [2.45, 2.75) is 143 Å². The molecule has 0 bridgehead atoms. The summed E-state index contributed by atoms with van der Waals surface area (Å²) < 4.78 is 0. The van der Waals surface area contributed by atoms with Crippen molar-refractivity contribution in [3.8, 4) is 0 Å². The molecule has 0 aromatic carbocycles. The first-order valence-electron chi connectivity index (χ1n) is 11.7. The molecular formula is C25H50. The second-order valence-electron chi connectivity index (χ2n) is 9.31. The van der Waals surface area contributed by atoms with Gasteiger partial charge in [0.2, 0.25) is 0 Å². The maximum Gasteiger partial charge on any atom is -0.0351 e. The lowest BCUT2D eigenvalue weighted by Crippen LogP contribution is -2.03. The summed E-state index contributed by atoms with van der Waals surface area (Å²) in [5, 5.41) is 0. The Hall–Kier alpha value is -0.260. The summed E-state index contributed by atoms with van der Waals surface area (Å²) in [7, 11) is 0. The number of allylic oxidation sites excluding steroid dienone is 2. The number of unbranched alkanes of at least 4 members (excludes halogenated alkanes) is 15. The minimum atomic E-state index is 0.531. The fraction of sp³-hybridized carbons (Fsp3) is 0.920. The number of hydrogen-bond acceptors (Lipinski definition) is 0. The first-order chi connectivity index (χ1) is 12.1. The van der Waals surface area contributed by atoms with Gasteiger partial charge in [0.15, 0.2) is 0 Å². The van der Waals surface area contributed by atoms with Crippen LogP contribution in [0.1, 0.15) is 143 Å². The Bertz CT molecular complexity index is 268. The third-order valence-corrected chi connectivity index (χ3v) is 5.19. The van der Waals surface area contributed by atoms with Crippen LogP contribution in [0.25, 0.3) is 0 Å². The van der Waals surface area contributed by atoms with E-state index < -0.39 is 0 Å². The van der Waals surface area contributed by atoms with Crippen molar-refractivity contribution in [3.63, 3.8) is 0 Å². The van der Waals surface area contributed by atoms with Crippen LogP contribution in [0.3, 0.4) is 0 Å². The van der Waals surface area contributed by atoms with Crippen LogP contribution in [0.5, 0.6) is 0 Å². The maximum absolute atomic E-state index is 2.43. The molecule has 0 atom stereocenters. The third-order valence-electron chi connectivity index (χ3n) is 5.19. The van der Waals surface area contributed by atoms with E-state index in [1.165, 1.54) is 116 Å². The van der Waals surface area contributed by atoms with Crippen LogP contribution in [-0.4, -0.2) is 0 Å². The standard InChI is InChI=1S/C25H50/c1-5-6-7-8-9-10-11-12-13-14-15-16-17-18-19-20-21-22-23-24-25(2,3)4/h12-13H,5-11,14-24H2,1-4H3/b13-12-. The molecule has 0 saturated heterocycles. The highest BCUT2D eigenvalue weighted by atomic mass is 14.1. The van der Waals surface area contributed by atoms with Gasteiger partial charge in [0.25, 0.3) is 0 Å². The average Bonchev–Trinajstić information content (AvgIpc) is 2.56. The minimum absolute atomic E-state index is 0.531. The molecule has 0 fully saturated rings. The van der Waals surface area contributed by atoms with Crippen LogP contribution < -0.4 is 0 Å². The zero-order valence-electron chi connectivity index (χ0n) is 18.4. The van der Waals surface area contributed by atoms with Crippen molar-refractivity contribution >= 4 is 0 Å². The van der Waals surface area contributed by atoms with Gasteiger partial charge >= 0.3 is 0 Å². The van der Waals surface area contributed by atoms with E-state index in [2.05, 4.69) is 39.8 Å². The first kappa shape index (κ1) is 24.7. The van der Waals surface area contributed by atoms with E-state index in [0.29, 0.717) is 5.41 Å². The SMILES string of the molecule is CCCCCCCC/C=C\CCCCCCCCCCCC(C)(C)C. The molecule has 25 heavy (non-hydrogen) atoms. The molecule has 0 unspecified atom stereocenters. The highest BCUT2D eigenvalue weighted by molar-refractivity contribution is 4.81. The largest absolute Gasteiger partial charge is 0.0885 e. The molecule has 0 amide bonds. The Kier molecular flexibility index (Phi) is 18.3. The van der Waals surface area contributed by atoms with Crippen LogP contribution in [0.15, 0.2) is 12.2 Å². The molecule has 0 rings (SSSR count). The van der Waals surface area contributed by atoms with Crippen molar-refractivity contribution in [1.82, 2.24) is 0 Å². The molecule has 0 heteroatoms. The van der Waals surface area contributed by atoms with E-state index in [9.17, 15) is 0 Å². The fourth-order valence-electron chi connectivity index (χ4n) is 3.43. The molecule has 0 saturated carbocycles. The molecule has 0 heterocycles. The predicted molar refractivity (Wildman–Crippen MR) is 117 cm³/mol. The first-order valence-corrected chi connectivity index (χ1v) is 11.7. The Morgan fingerprint density at radius 1 is 0.480 bits per heavy atom. The Morgan fingerprint density at radius 3 is 1.24 bits per heavy atom. The summed E-state index contributed by atoms with van der Waals surface area (Å²) in [6.07, 6.45) is 30.4. The summed E-state index contributed by atoms with van der Waals surface area (Å²) in [6.45, 7) is 9.36. The lowest BCUT2D eigenvalue weighted by molar-refractivity contribution is 0.356. The highest BCUT2D eigenvalue weighted by Crippen LogP contribution is 2.22. The summed E-state index contributed by atoms with van der Waals surface area (Å²) in [5.41, 5.74) is 0.531. The molecule has 0 aliphatic carbocycles. The molecular weight excluding hydrogens is 300 g/mol. The fourth-order valence-corrected chi connectivity index (χ4v) is 3.43. The van der Waals surface area contributed by atoms with Crippen LogP contribution in [0.4, 0.5) is 0 Å². The van der Waals surface area contributed by atoms with Crippen molar-refractivity contribution < 1.29 is 0 Å². The molecule has 0 aliphatic rings. The van der Waals surface area contributed by atoms with Gasteiger partial charge < -0.3 is 0 Å². The van der Waals surface area contributed by atoms with Crippen molar-refractivity contribution in [2.24, 2.45) is 5.41 Å². The van der Waals surface area contributed by atoms with E-state index in [1.54, 1.807) is 0 Å². The van der Waals surface area contributed by atoms with Gasteiger partial charge in [-0.2, -0.15) is 0 Å². The third kappa shape index (κ3) is 23.7. The average molecular weight is 351 g/mol. The van der Waals surface area contributed by atoms with Gasteiger partial charge in [0, 0.05) is 0 Å². The zero-order valence-corrected chi connectivity index (χ0v) is 18.4. The van der Waals surface area contributed by atoms with E-state index >= 15 is 0 Å². The second-order valence-corrected chi connectivity index (χ2v) is 9.31. The number of hydrogen-bond donors (Lipinski definition) is 0. The molecule has 150 valence electrons. The van der Waals surface area contributed by atoms with E-state index in [-0.39, 0.29) is 0 Å². The second kappa shape index (κ2) is 18.5. The molecule has 0 N–H and O–H groups in total. The zero-order chi connectivity index (χ0) is 18.6. The van der Waals surface area contributed by atoms with Gasteiger partial charge in [-0.1, -0.05) is 123 Å². The summed E-state index contributed by atoms with van der Waals surface area (Å²) >= 11 is 0. The van der Waals surface area contributed by atoms with Crippen molar-refractivity contribution in [2.75, 3.05) is 0 Å². The quantitative estimate of drug-likeness (QED) is 0.170. The van der Waals surface area contributed by atoms with Gasteiger partial charge in [-0.3, -0.25) is 0 Å². The normalized spacial score (nSPS) is 12.3. The highest BCUT2D eigenvalue weighted by Gasteiger charge is 2.08. The summed E-state index contributed by atoms with van der Waals surface area (Å²) in [6, 6.07) is 0. The van der Waals surface area contributed by atoms with Crippen molar-refractivity contribution in [3.05, 3.63) is 12.2 Å². The minimum Gasteiger partial charge on any atom is -0.0885 e. The molecule has 0 nitrogen and oxygen atoms in total. The lowest BCUT2D eigenvalue weighted by Gasteiger charge is -2.17. The molecule has 0 spiro atoms. The predicted octanol–water partition coefficient (Wildman–Crippen LogP) is 9.63. The Labute approximate surface area is 161 Å². The molecule has 0 aliphatic heterocycles. The summed E-state index contributed by atoms with van der Waals surface area (Å²) in [5.74, 6) is 0. The molecule has 0 radical (unpaired) electrons. The van der Waals surface area contributed by atoms with Gasteiger partial charge in [-0.15, -0.1) is 0 Å². The lowest BCUT2D eigenvalue weighted by atomic mass is 9.89.